The van der Waals surface area contributed by atoms with Gasteiger partial charge in [0.2, 0.25) is 0 Å². The Morgan fingerprint density at radius 2 is 1.55 bits per heavy atom. The van der Waals surface area contributed by atoms with Gasteiger partial charge in [-0.15, -0.1) is 0 Å². The van der Waals surface area contributed by atoms with Crippen LogP contribution in [0.2, 0.25) is 71.5 Å². The standard InChI is InChI=1S/C18H46O6Si5/c1-25(21-26(2,3)4)22-29(10,24-28(8,9)23-27(5,6)7)16-12-14-19-17-18-13-11-15-20-18/h18,25H,11-17H2,1-10H3. The molecule has 0 radical (unpaired) electrons. The molecule has 1 fully saturated rings. The first-order valence-corrected chi connectivity index (χ1v) is 25.3. The molecule has 0 aromatic heterocycles. The molecule has 3 unspecified atom stereocenters. The Morgan fingerprint density at radius 1 is 0.897 bits per heavy atom. The van der Waals surface area contributed by atoms with Gasteiger partial charge >= 0.3 is 17.1 Å². The Balaban J connectivity index is 2.64. The van der Waals surface area contributed by atoms with E-state index in [2.05, 4.69) is 65.5 Å². The molecule has 0 aromatic rings. The molecule has 11 heteroatoms. The molecule has 1 saturated heterocycles. The van der Waals surface area contributed by atoms with Crippen LogP contribution in [0.3, 0.4) is 0 Å². The van der Waals surface area contributed by atoms with Gasteiger partial charge in [-0.1, -0.05) is 0 Å². The molecule has 0 N–H and O–H groups in total. The molecule has 0 saturated carbocycles. The van der Waals surface area contributed by atoms with Crippen LogP contribution in [0.4, 0.5) is 0 Å². The zero-order chi connectivity index (χ0) is 22.3. The molecule has 29 heavy (non-hydrogen) atoms. The summed E-state index contributed by atoms with van der Waals surface area (Å²) in [6.07, 6.45) is 3.47. The van der Waals surface area contributed by atoms with Crippen molar-refractivity contribution in [1.82, 2.24) is 0 Å². The van der Waals surface area contributed by atoms with Gasteiger partial charge in [0, 0.05) is 13.2 Å². The zero-order valence-electron chi connectivity index (χ0n) is 20.6. The summed E-state index contributed by atoms with van der Waals surface area (Å²) in [5.41, 5.74) is 0. The van der Waals surface area contributed by atoms with E-state index >= 15 is 0 Å². The lowest BCUT2D eigenvalue weighted by Gasteiger charge is -2.40. The van der Waals surface area contributed by atoms with Crippen LogP contribution in [0, 0.1) is 0 Å². The van der Waals surface area contributed by atoms with Gasteiger partial charge in [0.15, 0.2) is 16.6 Å². The second-order valence-electron chi connectivity index (χ2n) is 10.6. The maximum Gasteiger partial charge on any atom is 0.317 e. The van der Waals surface area contributed by atoms with Crippen LogP contribution in [0.1, 0.15) is 19.3 Å². The topological polar surface area (TPSA) is 55.4 Å². The Kier molecular flexibility index (Phi) is 11.2. The lowest BCUT2D eigenvalue weighted by molar-refractivity contribution is 0.0172. The van der Waals surface area contributed by atoms with Crippen molar-refractivity contribution in [3.05, 3.63) is 0 Å². The van der Waals surface area contributed by atoms with Gasteiger partial charge in [-0.05, 0) is 90.8 Å². The van der Waals surface area contributed by atoms with Crippen molar-refractivity contribution in [3.63, 3.8) is 0 Å². The molecule has 174 valence electrons. The quantitative estimate of drug-likeness (QED) is 0.250. The molecule has 0 spiro atoms. The van der Waals surface area contributed by atoms with Crippen molar-refractivity contribution in [3.8, 4) is 0 Å². The van der Waals surface area contributed by atoms with Crippen LogP contribution in [-0.4, -0.2) is 69.0 Å². The SMILES string of the molecule is C[SiH](O[Si](C)(C)C)O[Si](C)(CCCOCC1CCCO1)O[Si](C)(C)O[Si](C)(C)C. The number of hydrogen-bond donors (Lipinski definition) is 0. The van der Waals surface area contributed by atoms with Crippen LogP contribution < -0.4 is 0 Å². The minimum absolute atomic E-state index is 0.278. The molecule has 1 rings (SSSR count). The third kappa shape index (κ3) is 13.8. The first-order valence-electron chi connectivity index (χ1n) is 11.0. The summed E-state index contributed by atoms with van der Waals surface area (Å²) in [7, 11) is -9.75. The van der Waals surface area contributed by atoms with Gasteiger partial charge in [-0.25, -0.2) is 0 Å². The molecule has 1 aliphatic heterocycles. The van der Waals surface area contributed by atoms with E-state index in [1.807, 2.05) is 0 Å². The molecule has 0 aromatic carbocycles. The van der Waals surface area contributed by atoms with Gasteiger partial charge in [0.25, 0.3) is 9.28 Å². The largest absolute Gasteiger partial charge is 0.439 e. The minimum Gasteiger partial charge on any atom is -0.439 e. The highest BCUT2D eigenvalue weighted by molar-refractivity contribution is 6.88. The van der Waals surface area contributed by atoms with E-state index < -0.39 is 43.0 Å². The molecule has 0 bridgehead atoms. The van der Waals surface area contributed by atoms with Crippen molar-refractivity contribution in [2.24, 2.45) is 0 Å². The Labute approximate surface area is 185 Å². The van der Waals surface area contributed by atoms with Crippen LogP contribution in [-0.2, 0) is 25.9 Å². The second-order valence-corrected chi connectivity index (χ2v) is 29.2. The van der Waals surface area contributed by atoms with Crippen LogP contribution in [0.5, 0.6) is 0 Å². The summed E-state index contributed by atoms with van der Waals surface area (Å²) in [6, 6.07) is 0.899. The van der Waals surface area contributed by atoms with E-state index in [0.717, 1.165) is 38.5 Å². The first kappa shape index (κ1) is 27.9. The van der Waals surface area contributed by atoms with E-state index in [1.54, 1.807) is 0 Å². The fourth-order valence-electron chi connectivity index (χ4n) is 3.77. The van der Waals surface area contributed by atoms with Gasteiger partial charge < -0.3 is 25.9 Å². The van der Waals surface area contributed by atoms with Gasteiger partial charge in [0.1, 0.15) is 0 Å². The number of ether oxygens (including phenoxy) is 2. The van der Waals surface area contributed by atoms with Gasteiger partial charge in [0.05, 0.1) is 12.7 Å². The fraction of sp³-hybridized carbons (Fsp3) is 1.00. The Hall–Kier alpha value is 0.844. The summed E-state index contributed by atoms with van der Waals surface area (Å²) >= 11 is 0. The van der Waals surface area contributed by atoms with Crippen molar-refractivity contribution in [2.45, 2.75) is 96.9 Å². The van der Waals surface area contributed by atoms with Crippen LogP contribution >= 0.6 is 0 Å². The monoisotopic (exact) mass is 498 g/mol. The second kappa shape index (κ2) is 11.6. The smallest absolute Gasteiger partial charge is 0.317 e. The summed E-state index contributed by atoms with van der Waals surface area (Å²) in [5.74, 6) is 0. The lowest BCUT2D eigenvalue weighted by atomic mass is 10.2. The number of hydrogen-bond acceptors (Lipinski definition) is 6. The minimum atomic E-state index is -2.42. The zero-order valence-corrected chi connectivity index (χ0v) is 25.7. The molecular formula is C18H46O6Si5. The van der Waals surface area contributed by atoms with Crippen molar-refractivity contribution in [1.29, 1.82) is 0 Å². The normalized spacial score (nSPS) is 21.9. The molecule has 3 atom stereocenters. The highest BCUT2D eigenvalue weighted by Crippen LogP contribution is 2.26. The highest BCUT2D eigenvalue weighted by Gasteiger charge is 2.43. The highest BCUT2D eigenvalue weighted by atomic mass is 28.5. The summed E-state index contributed by atoms with van der Waals surface area (Å²) in [6.45, 7) is 24.2. The first-order chi connectivity index (χ1) is 13.1. The lowest BCUT2D eigenvalue weighted by Crippen LogP contribution is -2.56. The number of rotatable bonds is 14. The van der Waals surface area contributed by atoms with E-state index in [0.29, 0.717) is 6.61 Å². The van der Waals surface area contributed by atoms with Crippen LogP contribution in [0.15, 0.2) is 0 Å². The van der Waals surface area contributed by atoms with Crippen molar-refractivity contribution < 1.29 is 25.9 Å². The third-order valence-corrected chi connectivity index (χ3v) is 21.0. The maximum absolute atomic E-state index is 6.72. The van der Waals surface area contributed by atoms with E-state index in [-0.39, 0.29) is 6.10 Å². The maximum atomic E-state index is 6.72. The van der Waals surface area contributed by atoms with Crippen molar-refractivity contribution >= 4 is 43.0 Å². The predicted molar refractivity (Wildman–Crippen MR) is 132 cm³/mol. The molecular weight excluding hydrogens is 453 g/mol. The summed E-state index contributed by atoms with van der Waals surface area (Å²) in [4.78, 5) is 0. The van der Waals surface area contributed by atoms with E-state index in [1.165, 1.54) is 0 Å². The van der Waals surface area contributed by atoms with Gasteiger partial charge in [-0.2, -0.15) is 0 Å². The fourth-order valence-corrected chi connectivity index (χ4v) is 24.1. The average molecular weight is 499 g/mol. The Morgan fingerprint density at radius 3 is 2.07 bits per heavy atom. The average Bonchev–Trinajstić information content (AvgIpc) is 2.93. The molecule has 0 amide bonds. The molecule has 0 aliphatic carbocycles. The van der Waals surface area contributed by atoms with E-state index in [4.69, 9.17) is 25.9 Å². The third-order valence-electron chi connectivity index (χ3n) is 4.20. The molecule has 1 aliphatic rings. The molecule has 6 nitrogen and oxygen atoms in total. The Bertz CT molecular complexity index is 476. The molecule has 1 heterocycles. The van der Waals surface area contributed by atoms with Gasteiger partial charge in [-0.3, -0.25) is 0 Å². The predicted octanol–water partition coefficient (Wildman–Crippen LogP) is 4.93. The summed E-state index contributed by atoms with van der Waals surface area (Å²) in [5, 5.41) is 0. The van der Waals surface area contributed by atoms with E-state index in [9.17, 15) is 0 Å². The van der Waals surface area contributed by atoms with Crippen molar-refractivity contribution in [2.75, 3.05) is 19.8 Å². The summed E-state index contributed by atoms with van der Waals surface area (Å²) < 4.78 is 37.6. The van der Waals surface area contributed by atoms with Crippen LogP contribution in [0.25, 0.3) is 0 Å².